The molecular weight excluding hydrogens is 515 g/mol. The van der Waals surface area contributed by atoms with E-state index in [0.717, 1.165) is 44.5 Å². The monoisotopic (exact) mass is 552 g/mol. The SMILES string of the molecule is CCOCc1ccc(CNC(=NC)NCC(c2ccc(OC)cc2)N2CCCC2)cc1.I. The minimum atomic E-state index is 0. The normalized spacial score (nSPS) is 15.2. The molecule has 176 valence electrons. The first kappa shape index (κ1) is 26.4. The fourth-order valence-corrected chi connectivity index (χ4v) is 3.91. The first-order valence-electron chi connectivity index (χ1n) is 11.2. The number of rotatable bonds is 10. The lowest BCUT2D eigenvalue weighted by Gasteiger charge is -2.29. The molecule has 2 aromatic carbocycles. The number of halogens is 1. The molecule has 1 heterocycles. The average molecular weight is 553 g/mol. The molecule has 32 heavy (non-hydrogen) atoms. The van der Waals surface area contributed by atoms with Crippen LogP contribution >= 0.6 is 24.0 Å². The van der Waals surface area contributed by atoms with Crippen LogP contribution in [0.4, 0.5) is 0 Å². The van der Waals surface area contributed by atoms with Gasteiger partial charge in [0, 0.05) is 26.7 Å². The summed E-state index contributed by atoms with van der Waals surface area (Å²) in [5.41, 5.74) is 3.71. The van der Waals surface area contributed by atoms with Gasteiger partial charge in [-0.15, -0.1) is 24.0 Å². The highest BCUT2D eigenvalue weighted by atomic mass is 127. The van der Waals surface area contributed by atoms with Crippen molar-refractivity contribution in [1.29, 1.82) is 0 Å². The number of hydrogen-bond donors (Lipinski definition) is 2. The third kappa shape index (κ3) is 7.94. The Morgan fingerprint density at radius 3 is 2.25 bits per heavy atom. The fraction of sp³-hybridized carbons (Fsp3) is 0.480. The van der Waals surface area contributed by atoms with Gasteiger partial charge in [-0.1, -0.05) is 36.4 Å². The molecule has 1 fully saturated rings. The molecule has 2 aromatic rings. The van der Waals surface area contributed by atoms with Crippen molar-refractivity contribution in [3.63, 3.8) is 0 Å². The number of nitrogens with zero attached hydrogens (tertiary/aromatic N) is 2. The van der Waals surface area contributed by atoms with Crippen LogP contribution in [-0.2, 0) is 17.9 Å². The quantitative estimate of drug-likeness (QED) is 0.261. The number of methoxy groups -OCH3 is 1. The Kier molecular flexibility index (Phi) is 11.8. The van der Waals surface area contributed by atoms with Crippen molar-refractivity contribution in [2.45, 2.75) is 39.0 Å². The molecule has 1 atom stereocenters. The Balaban J connectivity index is 0.00000363. The Labute approximate surface area is 209 Å². The summed E-state index contributed by atoms with van der Waals surface area (Å²) in [5, 5.41) is 6.96. The maximum atomic E-state index is 5.47. The molecule has 1 aliphatic rings. The van der Waals surface area contributed by atoms with Crippen LogP contribution in [0.1, 0.15) is 42.5 Å². The number of guanidine groups is 1. The lowest BCUT2D eigenvalue weighted by atomic mass is 10.1. The minimum Gasteiger partial charge on any atom is -0.497 e. The van der Waals surface area contributed by atoms with Crippen molar-refractivity contribution in [1.82, 2.24) is 15.5 Å². The van der Waals surface area contributed by atoms with Crippen LogP contribution in [0.15, 0.2) is 53.5 Å². The predicted molar refractivity (Wildman–Crippen MR) is 142 cm³/mol. The Bertz CT molecular complexity index is 806. The summed E-state index contributed by atoms with van der Waals surface area (Å²) in [7, 11) is 3.52. The van der Waals surface area contributed by atoms with Gasteiger partial charge in [0.05, 0.1) is 19.8 Å². The second-order valence-electron chi connectivity index (χ2n) is 7.79. The number of likely N-dealkylation sites (tertiary alicyclic amines) is 1. The molecule has 7 heteroatoms. The van der Waals surface area contributed by atoms with Crippen LogP contribution in [0.3, 0.4) is 0 Å². The lowest BCUT2D eigenvalue weighted by Crippen LogP contribution is -2.42. The van der Waals surface area contributed by atoms with Gasteiger partial charge in [0.2, 0.25) is 0 Å². The zero-order valence-corrected chi connectivity index (χ0v) is 21.8. The smallest absolute Gasteiger partial charge is 0.191 e. The summed E-state index contributed by atoms with van der Waals surface area (Å²) in [6, 6.07) is 17.3. The van der Waals surface area contributed by atoms with Crippen molar-refractivity contribution in [2.75, 3.05) is 40.4 Å². The minimum absolute atomic E-state index is 0. The Morgan fingerprint density at radius 1 is 1.00 bits per heavy atom. The maximum absolute atomic E-state index is 5.47. The van der Waals surface area contributed by atoms with E-state index in [1.807, 2.05) is 26.1 Å². The van der Waals surface area contributed by atoms with Gasteiger partial charge in [0.15, 0.2) is 5.96 Å². The van der Waals surface area contributed by atoms with Crippen LogP contribution in [0.2, 0.25) is 0 Å². The average Bonchev–Trinajstić information content (AvgIpc) is 3.35. The standard InChI is InChI=1S/C25H36N4O2.HI/c1-4-31-19-21-9-7-20(8-10-21)17-27-25(26-2)28-18-24(29-15-5-6-16-29)22-11-13-23(30-3)14-12-22;/h7-14,24H,4-6,15-19H2,1-3H3,(H2,26,27,28);1H. The Hall–Kier alpha value is -1.84. The topological polar surface area (TPSA) is 58.1 Å². The summed E-state index contributed by atoms with van der Waals surface area (Å²) in [6.07, 6.45) is 2.53. The van der Waals surface area contributed by atoms with Crippen LogP contribution in [0.25, 0.3) is 0 Å². The van der Waals surface area contributed by atoms with E-state index in [1.165, 1.54) is 29.5 Å². The van der Waals surface area contributed by atoms with Crippen molar-refractivity contribution >= 4 is 29.9 Å². The van der Waals surface area contributed by atoms with E-state index in [4.69, 9.17) is 9.47 Å². The molecule has 0 aliphatic carbocycles. The highest BCUT2D eigenvalue weighted by Gasteiger charge is 2.23. The van der Waals surface area contributed by atoms with Crippen LogP contribution in [0.5, 0.6) is 5.75 Å². The molecule has 1 unspecified atom stereocenters. The molecule has 1 aliphatic heterocycles. The van der Waals surface area contributed by atoms with E-state index < -0.39 is 0 Å². The van der Waals surface area contributed by atoms with E-state index in [9.17, 15) is 0 Å². The third-order valence-corrected chi connectivity index (χ3v) is 5.72. The largest absolute Gasteiger partial charge is 0.497 e. The number of ether oxygens (including phenoxy) is 2. The molecule has 0 radical (unpaired) electrons. The van der Waals surface area contributed by atoms with Gasteiger partial charge in [-0.05, 0) is 61.7 Å². The molecule has 0 bridgehead atoms. The summed E-state index contributed by atoms with van der Waals surface area (Å²) < 4.78 is 10.8. The van der Waals surface area contributed by atoms with Gasteiger partial charge >= 0.3 is 0 Å². The van der Waals surface area contributed by atoms with Gasteiger partial charge in [0.1, 0.15) is 5.75 Å². The van der Waals surface area contributed by atoms with Crippen molar-refractivity contribution in [3.8, 4) is 5.75 Å². The molecule has 1 saturated heterocycles. The second kappa shape index (κ2) is 14.3. The first-order valence-corrected chi connectivity index (χ1v) is 11.2. The molecule has 2 N–H and O–H groups in total. The summed E-state index contributed by atoms with van der Waals surface area (Å²) in [4.78, 5) is 6.97. The van der Waals surface area contributed by atoms with Crippen LogP contribution < -0.4 is 15.4 Å². The number of hydrogen-bond acceptors (Lipinski definition) is 4. The maximum Gasteiger partial charge on any atom is 0.191 e. The molecular formula is C25H37IN4O2. The van der Waals surface area contributed by atoms with E-state index in [1.54, 1.807) is 7.11 Å². The van der Waals surface area contributed by atoms with Gasteiger partial charge in [-0.3, -0.25) is 9.89 Å². The summed E-state index contributed by atoms with van der Waals surface area (Å²) in [6.45, 7) is 7.22. The number of benzene rings is 2. The van der Waals surface area contributed by atoms with Gasteiger partial charge < -0.3 is 20.1 Å². The van der Waals surface area contributed by atoms with E-state index in [0.29, 0.717) is 12.6 Å². The molecule has 3 rings (SSSR count). The molecule has 0 amide bonds. The lowest BCUT2D eigenvalue weighted by molar-refractivity contribution is 0.134. The zero-order chi connectivity index (χ0) is 21.9. The summed E-state index contributed by atoms with van der Waals surface area (Å²) in [5.74, 6) is 1.71. The number of aliphatic imine (C=N–C) groups is 1. The predicted octanol–water partition coefficient (Wildman–Crippen LogP) is 4.35. The van der Waals surface area contributed by atoms with Crippen molar-refractivity contribution in [2.24, 2.45) is 4.99 Å². The first-order chi connectivity index (χ1) is 15.2. The molecule has 0 spiro atoms. The van der Waals surface area contributed by atoms with E-state index in [-0.39, 0.29) is 24.0 Å². The Morgan fingerprint density at radius 2 is 1.66 bits per heavy atom. The van der Waals surface area contributed by atoms with Crippen LogP contribution in [0, 0.1) is 0 Å². The van der Waals surface area contributed by atoms with Gasteiger partial charge in [-0.2, -0.15) is 0 Å². The van der Waals surface area contributed by atoms with Gasteiger partial charge in [-0.25, -0.2) is 0 Å². The van der Waals surface area contributed by atoms with Crippen molar-refractivity contribution < 1.29 is 9.47 Å². The highest BCUT2D eigenvalue weighted by molar-refractivity contribution is 14.0. The van der Waals surface area contributed by atoms with Gasteiger partial charge in [0.25, 0.3) is 0 Å². The van der Waals surface area contributed by atoms with E-state index in [2.05, 4.69) is 56.9 Å². The van der Waals surface area contributed by atoms with Crippen LogP contribution in [-0.4, -0.2) is 51.3 Å². The van der Waals surface area contributed by atoms with E-state index >= 15 is 0 Å². The van der Waals surface area contributed by atoms with Crippen molar-refractivity contribution in [3.05, 3.63) is 65.2 Å². The zero-order valence-electron chi connectivity index (χ0n) is 19.5. The second-order valence-corrected chi connectivity index (χ2v) is 7.79. The molecule has 6 nitrogen and oxygen atoms in total. The summed E-state index contributed by atoms with van der Waals surface area (Å²) >= 11 is 0. The fourth-order valence-electron chi connectivity index (χ4n) is 3.91. The third-order valence-electron chi connectivity index (χ3n) is 5.72. The molecule has 0 aromatic heterocycles. The highest BCUT2D eigenvalue weighted by Crippen LogP contribution is 2.26. The molecule has 0 saturated carbocycles. The number of nitrogens with one attached hydrogen (secondary N) is 2.